The van der Waals surface area contributed by atoms with Crippen LogP contribution in [0.4, 0.5) is 0 Å². The molecule has 2 N–H and O–H groups in total. The van der Waals surface area contributed by atoms with Gasteiger partial charge in [-0.15, -0.1) is 10.2 Å². The first-order valence-electron chi connectivity index (χ1n) is 12.5. The molecule has 34 heavy (non-hydrogen) atoms. The van der Waals surface area contributed by atoms with Crippen molar-refractivity contribution in [1.29, 1.82) is 0 Å². The number of hydrogen-bond donors (Lipinski definition) is 2. The topological polar surface area (TPSA) is 87.7 Å². The normalized spacial score (nSPS) is 19.6. The van der Waals surface area contributed by atoms with E-state index >= 15 is 0 Å². The van der Waals surface area contributed by atoms with E-state index in [0.717, 1.165) is 35.1 Å². The second-order valence-electron chi connectivity index (χ2n) is 10.7. The van der Waals surface area contributed by atoms with E-state index in [1.807, 2.05) is 49.4 Å². The monoisotopic (exact) mass is 460 g/mol. The summed E-state index contributed by atoms with van der Waals surface area (Å²) in [5.74, 6) is 1.56. The smallest absolute Gasteiger partial charge is 0.275 e. The van der Waals surface area contributed by atoms with Gasteiger partial charge in [0.2, 0.25) is 5.91 Å². The molecule has 1 unspecified atom stereocenters. The maximum atomic E-state index is 12.9. The van der Waals surface area contributed by atoms with Crippen molar-refractivity contribution in [1.82, 2.24) is 20.5 Å². The van der Waals surface area contributed by atoms with Gasteiger partial charge in [-0.3, -0.25) is 9.59 Å². The van der Waals surface area contributed by atoms with Gasteiger partial charge in [-0.05, 0) is 60.1 Å². The van der Waals surface area contributed by atoms with Crippen LogP contribution in [0.3, 0.4) is 0 Å². The van der Waals surface area contributed by atoms with Gasteiger partial charge in [0.25, 0.3) is 5.56 Å². The number of benzene rings is 2. The summed E-state index contributed by atoms with van der Waals surface area (Å²) >= 11 is 0. The average Bonchev–Trinajstić information content (AvgIpc) is 2.82. The van der Waals surface area contributed by atoms with Crippen molar-refractivity contribution in [2.75, 3.05) is 0 Å². The van der Waals surface area contributed by atoms with Gasteiger partial charge in [0, 0.05) is 12.0 Å². The summed E-state index contributed by atoms with van der Waals surface area (Å²) in [6.45, 7) is 8.86. The Morgan fingerprint density at radius 3 is 2.44 bits per heavy atom. The highest BCUT2D eigenvalue weighted by Gasteiger charge is 2.31. The molecule has 0 radical (unpaired) electrons. The van der Waals surface area contributed by atoms with Crippen LogP contribution in [-0.2, 0) is 4.79 Å². The molecule has 1 saturated carbocycles. The maximum Gasteiger partial charge on any atom is 0.275 e. The van der Waals surface area contributed by atoms with Crippen LogP contribution in [-0.4, -0.2) is 21.1 Å². The number of nitrogens with zero attached hydrogens (tertiary/aromatic N) is 2. The van der Waals surface area contributed by atoms with E-state index in [1.165, 1.54) is 12.8 Å². The standard InChI is InChI=1S/C28H36N4O2/c1-5-23(29-24(33)17-18-13-15-20(16-14-18)28(2,3)4)25-27(34)30-26(32-31-25)22-12-8-10-19-9-6-7-11-21(19)22/h6-12,18,20,23H,5,13-17H2,1-4H3,(H,29,33)(H,30,32,34). The molecule has 1 aliphatic carbocycles. The summed E-state index contributed by atoms with van der Waals surface area (Å²) in [6.07, 6.45) is 5.62. The lowest BCUT2D eigenvalue weighted by Gasteiger charge is -2.36. The van der Waals surface area contributed by atoms with Gasteiger partial charge >= 0.3 is 0 Å². The van der Waals surface area contributed by atoms with E-state index < -0.39 is 6.04 Å². The number of aromatic nitrogens is 3. The van der Waals surface area contributed by atoms with Crippen molar-refractivity contribution < 1.29 is 4.79 Å². The zero-order valence-electron chi connectivity index (χ0n) is 20.7. The molecule has 1 amide bonds. The van der Waals surface area contributed by atoms with Crippen LogP contribution >= 0.6 is 0 Å². The minimum Gasteiger partial charge on any atom is -0.347 e. The van der Waals surface area contributed by atoms with Crippen LogP contribution in [0.5, 0.6) is 0 Å². The van der Waals surface area contributed by atoms with Gasteiger partial charge in [-0.1, -0.05) is 70.2 Å². The number of nitrogens with one attached hydrogen (secondary N) is 2. The van der Waals surface area contributed by atoms with Gasteiger partial charge in [0.05, 0.1) is 6.04 Å². The molecule has 180 valence electrons. The number of fused-ring (bicyclic) bond motifs is 1. The van der Waals surface area contributed by atoms with E-state index in [1.54, 1.807) is 0 Å². The third-order valence-corrected chi connectivity index (χ3v) is 7.39. The van der Waals surface area contributed by atoms with Crippen LogP contribution in [0.2, 0.25) is 0 Å². The quantitative estimate of drug-likeness (QED) is 0.487. The molecule has 6 heteroatoms. The zero-order chi connectivity index (χ0) is 24.3. The second-order valence-corrected chi connectivity index (χ2v) is 10.7. The lowest BCUT2D eigenvalue weighted by molar-refractivity contribution is -0.123. The molecule has 1 fully saturated rings. The van der Waals surface area contributed by atoms with E-state index in [2.05, 4.69) is 41.3 Å². The highest BCUT2D eigenvalue weighted by atomic mass is 16.2. The Hall–Kier alpha value is -3.02. The fourth-order valence-electron chi connectivity index (χ4n) is 5.24. The first kappa shape index (κ1) is 24.1. The Labute approximate surface area is 201 Å². The molecule has 6 nitrogen and oxygen atoms in total. The molecule has 1 heterocycles. The first-order chi connectivity index (χ1) is 16.3. The van der Waals surface area contributed by atoms with Gasteiger partial charge in [0.1, 0.15) is 0 Å². The molecule has 0 saturated heterocycles. The van der Waals surface area contributed by atoms with Crippen molar-refractivity contribution in [3.8, 4) is 11.4 Å². The third kappa shape index (κ3) is 5.37. The maximum absolute atomic E-state index is 12.9. The number of carbonyl (C=O) groups is 1. The molecular formula is C28H36N4O2. The van der Waals surface area contributed by atoms with Gasteiger partial charge in [-0.2, -0.15) is 0 Å². The van der Waals surface area contributed by atoms with Crippen molar-refractivity contribution in [2.45, 2.75) is 72.3 Å². The fourth-order valence-corrected chi connectivity index (χ4v) is 5.24. The Bertz CT molecular complexity index is 1200. The predicted octanol–water partition coefficient (Wildman–Crippen LogP) is 5.80. The van der Waals surface area contributed by atoms with Crippen LogP contribution in [0.1, 0.15) is 78.0 Å². The highest BCUT2D eigenvalue weighted by molar-refractivity contribution is 5.94. The van der Waals surface area contributed by atoms with Crippen molar-refractivity contribution >= 4 is 16.7 Å². The lowest BCUT2D eigenvalue weighted by Crippen LogP contribution is -2.35. The summed E-state index contributed by atoms with van der Waals surface area (Å²) in [7, 11) is 0. The van der Waals surface area contributed by atoms with Gasteiger partial charge in [-0.25, -0.2) is 0 Å². The molecule has 0 bridgehead atoms. The molecular weight excluding hydrogens is 424 g/mol. The first-order valence-corrected chi connectivity index (χ1v) is 12.5. The zero-order valence-corrected chi connectivity index (χ0v) is 20.7. The van der Waals surface area contributed by atoms with E-state index in [-0.39, 0.29) is 17.2 Å². The second kappa shape index (κ2) is 10.1. The highest BCUT2D eigenvalue weighted by Crippen LogP contribution is 2.40. The fraction of sp³-hybridized carbons (Fsp3) is 0.500. The third-order valence-electron chi connectivity index (χ3n) is 7.39. The summed E-state index contributed by atoms with van der Waals surface area (Å²) in [6, 6.07) is 13.4. The predicted molar refractivity (Wildman–Crippen MR) is 136 cm³/mol. The summed E-state index contributed by atoms with van der Waals surface area (Å²) in [5.41, 5.74) is 1.11. The Morgan fingerprint density at radius 1 is 1.06 bits per heavy atom. The number of rotatable bonds is 6. The van der Waals surface area contributed by atoms with Gasteiger partial charge in [0.15, 0.2) is 11.5 Å². The van der Waals surface area contributed by atoms with Crippen LogP contribution < -0.4 is 10.9 Å². The minimum absolute atomic E-state index is 0.00890. The van der Waals surface area contributed by atoms with Crippen LogP contribution in [0, 0.1) is 17.3 Å². The number of carbonyl (C=O) groups excluding carboxylic acids is 1. The van der Waals surface area contributed by atoms with Crippen molar-refractivity contribution in [2.24, 2.45) is 17.3 Å². The van der Waals surface area contributed by atoms with E-state index in [4.69, 9.17) is 0 Å². The largest absolute Gasteiger partial charge is 0.347 e. The average molecular weight is 461 g/mol. The molecule has 1 aliphatic rings. The number of hydrogen-bond acceptors (Lipinski definition) is 4. The molecule has 4 rings (SSSR count). The molecule has 3 aromatic rings. The summed E-state index contributed by atoms with van der Waals surface area (Å²) in [5, 5.41) is 13.7. The minimum atomic E-state index is -0.448. The SMILES string of the molecule is CCC(NC(=O)CC1CCC(C(C)(C)C)CC1)c1nnc(-c2cccc3ccccc23)[nH]c1=O. The molecule has 1 aromatic heterocycles. The van der Waals surface area contributed by atoms with E-state index in [0.29, 0.717) is 30.0 Å². The molecule has 2 aromatic carbocycles. The molecule has 0 spiro atoms. The van der Waals surface area contributed by atoms with Crippen LogP contribution in [0.15, 0.2) is 47.3 Å². The van der Waals surface area contributed by atoms with Crippen LogP contribution in [0.25, 0.3) is 22.2 Å². The summed E-state index contributed by atoms with van der Waals surface area (Å²) < 4.78 is 0. The van der Waals surface area contributed by atoms with E-state index in [9.17, 15) is 9.59 Å². The Balaban J connectivity index is 1.44. The Kier molecular flexibility index (Phi) is 7.15. The van der Waals surface area contributed by atoms with Crippen molar-refractivity contribution in [3.05, 3.63) is 58.5 Å². The molecule has 0 aliphatic heterocycles. The van der Waals surface area contributed by atoms with Crippen molar-refractivity contribution in [3.63, 3.8) is 0 Å². The summed E-state index contributed by atoms with van der Waals surface area (Å²) in [4.78, 5) is 28.6. The van der Waals surface area contributed by atoms with Gasteiger partial charge < -0.3 is 10.3 Å². The number of aromatic amines is 1. The number of H-pyrrole nitrogens is 1. The Morgan fingerprint density at radius 2 is 1.76 bits per heavy atom. The number of amides is 1. The molecule has 1 atom stereocenters. The lowest BCUT2D eigenvalue weighted by atomic mass is 9.69.